The molecule has 7 heteroatoms. The summed E-state index contributed by atoms with van der Waals surface area (Å²) in [6.07, 6.45) is 0.399. The maximum absolute atomic E-state index is 12.6. The molecule has 0 aliphatic rings. The minimum atomic E-state index is -3.78. The average molecular weight is 417 g/mol. The molecule has 0 amide bonds. The Hall–Kier alpha value is -2.41. The minimum Gasteiger partial charge on any atom is -0.313 e. The molecule has 3 aromatic rings. The van der Waals surface area contributed by atoms with Gasteiger partial charge in [0.05, 0.1) is 10.6 Å². The Bertz CT molecular complexity index is 1150. The van der Waals surface area contributed by atoms with Crippen molar-refractivity contribution in [3.05, 3.63) is 70.4 Å². The molecule has 0 aliphatic carbocycles. The van der Waals surface area contributed by atoms with E-state index in [1.165, 1.54) is 12.1 Å². The predicted molar refractivity (Wildman–Crippen MR) is 112 cm³/mol. The number of carbonyl (C=O) groups excluding carboxylic acids is 1. The molecule has 1 aromatic heterocycles. The van der Waals surface area contributed by atoms with Crippen molar-refractivity contribution in [3.8, 4) is 16.9 Å². The number of rotatable bonds is 5. The molecule has 3 rings (SSSR count). The van der Waals surface area contributed by atoms with Crippen LogP contribution in [-0.2, 0) is 10.0 Å². The topological polar surface area (TPSA) is 82.2 Å². The summed E-state index contributed by atoms with van der Waals surface area (Å²) >= 11 is 6.04. The number of halogens is 1. The minimum absolute atomic E-state index is 0.0377. The molecular formula is C21H21ClN2O3S. The molecule has 0 aliphatic heterocycles. The summed E-state index contributed by atoms with van der Waals surface area (Å²) in [5.41, 5.74) is 4.89. The van der Waals surface area contributed by atoms with E-state index in [0.29, 0.717) is 17.0 Å². The molecule has 0 unspecified atom stereocenters. The normalized spacial score (nSPS) is 11.6. The molecular weight excluding hydrogens is 396 g/mol. The largest absolute Gasteiger partial charge is 0.313 e. The zero-order chi connectivity index (χ0) is 20.6. The maximum atomic E-state index is 12.6. The van der Waals surface area contributed by atoms with E-state index in [1.807, 2.05) is 37.5 Å². The molecule has 146 valence electrons. The Labute approximate surface area is 169 Å². The van der Waals surface area contributed by atoms with Crippen molar-refractivity contribution in [3.63, 3.8) is 0 Å². The van der Waals surface area contributed by atoms with Crippen LogP contribution in [-0.4, -0.2) is 18.8 Å². The van der Waals surface area contributed by atoms with Gasteiger partial charge in [-0.05, 0) is 61.4 Å². The second-order valence-electron chi connectivity index (χ2n) is 6.59. The SMILES string of the molecule is CCC(=O)c1c(C)c(-c2ccc(Cl)cc2)n(-c2ccc(S(N)(=O)=O)cc2)c1C. The molecule has 0 bridgehead atoms. The second-order valence-corrected chi connectivity index (χ2v) is 8.59. The summed E-state index contributed by atoms with van der Waals surface area (Å²) in [6.45, 7) is 5.65. The van der Waals surface area contributed by atoms with Gasteiger partial charge >= 0.3 is 0 Å². The highest BCUT2D eigenvalue weighted by atomic mass is 35.5. The number of hydrogen-bond acceptors (Lipinski definition) is 3. The summed E-state index contributed by atoms with van der Waals surface area (Å²) in [4.78, 5) is 12.6. The Morgan fingerprint density at radius 2 is 1.61 bits per heavy atom. The van der Waals surface area contributed by atoms with E-state index in [0.717, 1.165) is 28.2 Å². The highest BCUT2D eigenvalue weighted by Crippen LogP contribution is 2.35. The number of ketones is 1. The lowest BCUT2D eigenvalue weighted by molar-refractivity contribution is 0.0987. The predicted octanol–water partition coefficient (Wildman–Crippen LogP) is 4.65. The Kier molecular flexibility index (Phi) is 5.48. The fourth-order valence-corrected chi connectivity index (χ4v) is 4.13. The van der Waals surface area contributed by atoms with Gasteiger partial charge in [0.25, 0.3) is 0 Å². The Morgan fingerprint density at radius 1 is 1.04 bits per heavy atom. The van der Waals surface area contributed by atoms with Crippen LogP contribution >= 0.6 is 11.6 Å². The fraction of sp³-hybridized carbons (Fsp3) is 0.190. The van der Waals surface area contributed by atoms with E-state index in [9.17, 15) is 13.2 Å². The molecule has 28 heavy (non-hydrogen) atoms. The molecule has 0 radical (unpaired) electrons. The third-order valence-electron chi connectivity index (χ3n) is 4.79. The molecule has 5 nitrogen and oxygen atoms in total. The molecule has 2 aromatic carbocycles. The van der Waals surface area contributed by atoms with Gasteiger partial charge in [0, 0.05) is 28.4 Å². The smallest absolute Gasteiger partial charge is 0.238 e. The molecule has 1 heterocycles. The number of nitrogens with two attached hydrogens (primary N) is 1. The lowest BCUT2D eigenvalue weighted by Crippen LogP contribution is -2.12. The van der Waals surface area contributed by atoms with Crippen molar-refractivity contribution in [2.75, 3.05) is 0 Å². The van der Waals surface area contributed by atoms with Crippen LogP contribution in [0.25, 0.3) is 16.9 Å². The van der Waals surface area contributed by atoms with Crippen molar-refractivity contribution in [2.24, 2.45) is 5.14 Å². The van der Waals surface area contributed by atoms with Gasteiger partial charge in [0.2, 0.25) is 10.0 Å². The standard InChI is InChI=1S/C21H21ClN2O3S/c1-4-19(25)20-13(2)21(15-5-7-16(22)8-6-15)24(14(20)3)17-9-11-18(12-10-17)28(23,26)27/h5-12H,4H2,1-3H3,(H2,23,26,27). The van der Waals surface area contributed by atoms with Crippen LogP contribution in [0.4, 0.5) is 0 Å². The quantitative estimate of drug-likeness (QED) is 0.614. The number of sulfonamides is 1. The Morgan fingerprint density at radius 3 is 2.11 bits per heavy atom. The first kappa shape index (κ1) is 20.3. The van der Waals surface area contributed by atoms with Crippen molar-refractivity contribution in [1.82, 2.24) is 4.57 Å². The number of Topliss-reactive ketones (excluding diaryl/α,β-unsaturated/α-hetero) is 1. The van der Waals surface area contributed by atoms with Crippen LogP contribution in [0, 0.1) is 13.8 Å². The number of carbonyl (C=O) groups is 1. The number of primary sulfonamides is 1. The maximum Gasteiger partial charge on any atom is 0.238 e. The van der Waals surface area contributed by atoms with E-state index >= 15 is 0 Å². The number of benzene rings is 2. The van der Waals surface area contributed by atoms with Crippen molar-refractivity contribution in [2.45, 2.75) is 32.1 Å². The van der Waals surface area contributed by atoms with E-state index in [1.54, 1.807) is 24.3 Å². The van der Waals surface area contributed by atoms with Gasteiger partial charge in [-0.3, -0.25) is 4.79 Å². The first-order valence-corrected chi connectivity index (χ1v) is 10.7. The van der Waals surface area contributed by atoms with E-state index in [2.05, 4.69) is 0 Å². The first-order valence-electron chi connectivity index (χ1n) is 8.79. The van der Waals surface area contributed by atoms with Crippen LogP contribution in [0.3, 0.4) is 0 Å². The Balaban J connectivity index is 2.30. The highest BCUT2D eigenvalue weighted by Gasteiger charge is 2.23. The summed E-state index contributed by atoms with van der Waals surface area (Å²) < 4.78 is 25.1. The summed E-state index contributed by atoms with van der Waals surface area (Å²) in [6, 6.07) is 13.7. The average Bonchev–Trinajstić information content (AvgIpc) is 2.91. The van der Waals surface area contributed by atoms with E-state index < -0.39 is 10.0 Å². The third-order valence-corrected chi connectivity index (χ3v) is 5.97. The number of nitrogens with zero attached hydrogens (tertiary/aromatic N) is 1. The highest BCUT2D eigenvalue weighted by molar-refractivity contribution is 7.89. The molecule has 2 N–H and O–H groups in total. The third kappa shape index (κ3) is 3.63. The van der Waals surface area contributed by atoms with Gasteiger partial charge in [-0.15, -0.1) is 0 Å². The van der Waals surface area contributed by atoms with Crippen molar-refractivity contribution < 1.29 is 13.2 Å². The van der Waals surface area contributed by atoms with Gasteiger partial charge < -0.3 is 4.57 Å². The fourth-order valence-electron chi connectivity index (χ4n) is 3.49. The van der Waals surface area contributed by atoms with Gasteiger partial charge in [-0.2, -0.15) is 0 Å². The number of aromatic nitrogens is 1. The molecule has 0 saturated heterocycles. The van der Waals surface area contributed by atoms with Crippen molar-refractivity contribution in [1.29, 1.82) is 0 Å². The lowest BCUT2D eigenvalue weighted by Gasteiger charge is -2.13. The second kappa shape index (κ2) is 7.54. The molecule has 0 spiro atoms. The van der Waals surface area contributed by atoms with Gasteiger partial charge in [0.15, 0.2) is 5.78 Å². The summed E-state index contributed by atoms with van der Waals surface area (Å²) in [5.74, 6) is 0.0603. The lowest BCUT2D eigenvalue weighted by atomic mass is 10.0. The van der Waals surface area contributed by atoms with Crippen molar-refractivity contribution >= 4 is 27.4 Å². The van der Waals surface area contributed by atoms with Crippen LogP contribution < -0.4 is 5.14 Å². The van der Waals surface area contributed by atoms with E-state index in [-0.39, 0.29) is 10.7 Å². The molecule has 0 saturated carbocycles. The zero-order valence-corrected chi connectivity index (χ0v) is 17.4. The first-order chi connectivity index (χ1) is 13.1. The summed E-state index contributed by atoms with van der Waals surface area (Å²) in [7, 11) is -3.78. The van der Waals surface area contributed by atoms with Gasteiger partial charge in [-0.25, -0.2) is 13.6 Å². The number of hydrogen-bond donors (Lipinski definition) is 1. The monoisotopic (exact) mass is 416 g/mol. The van der Waals surface area contributed by atoms with Crippen LogP contribution in [0.15, 0.2) is 53.4 Å². The molecule has 0 atom stereocenters. The zero-order valence-electron chi connectivity index (χ0n) is 15.9. The van der Waals surface area contributed by atoms with Gasteiger partial charge in [-0.1, -0.05) is 30.7 Å². The van der Waals surface area contributed by atoms with Crippen LogP contribution in [0.1, 0.15) is 35.0 Å². The molecule has 0 fully saturated rings. The van der Waals surface area contributed by atoms with Gasteiger partial charge in [0.1, 0.15) is 0 Å². The van der Waals surface area contributed by atoms with Crippen LogP contribution in [0.5, 0.6) is 0 Å². The summed E-state index contributed by atoms with van der Waals surface area (Å²) in [5, 5.41) is 5.83. The van der Waals surface area contributed by atoms with Crippen LogP contribution in [0.2, 0.25) is 5.02 Å². The van der Waals surface area contributed by atoms with E-state index in [4.69, 9.17) is 16.7 Å².